The highest BCUT2D eigenvalue weighted by Gasteiger charge is 2.41. The third kappa shape index (κ3) is 7.15. The van der Waals surface area contributed by atoms with Gasteiger partial charge in [0.25, 0.3) is 5.91 Å². The van der Waals surface area contributed by atoms with E-state index in [1.807, 2.05) is 41.3 Å². The fourth-order valence-corrected chi connectivity index (χ4v) is 6.56. The van der Waals surface area contributed by atoms with Gasteiger partial charge in [-0.3, -0.25) is 14.5 Å². The summed E-state index contributed by atoms with van der Waals surface area (Å²) in [5, 5.41) is 4.08. The minimum Gasteiger partial charge on any atom is -0.353 e. The fourth-order valence-electron chi connectivity index (χ4n) is 4.96. The third-order valence-corrected chi connectivity index (χ3v) is 8.63. The van der Waals surface area contributed by atoms with Gasteiger partial charge in [-0.1, -0.05) is 66.9 Å². The van der Waals surface area contributed by atoms with Crippen LogP contribution in [0.4, 0.5) is 0 Å². The van der Waals surface area contributed by atoms with Crippen molar-refractivity contribution >= 4 is 41.3 Å². The highest BCUT2D eigenvalue weighted by atomic mass is 35.5. The Morgan fingerprint density at radius 2 is 1.86 bits per heavy atom. The first kappa shape index (κ1) is 26.8. The predicted molar refractivity (Wildman–Crippen MR) is 150 cm³/mol. The van der Waals surface area contributed by atoms with Crippen LogP contribution in [-0.2, 0) is 16.1 Å². The van der Waals surface area contributed by atoms with Gasteiger partial charge in [-0.05, 0) is 56.0 Å². The van der Waals surface area contributed by atoms with Crippen LogP contribution in [0.5, 0.6) is 0 Å². The molecule has 0 bridgehead atoms. The van der Waals surface area contributed by atoms with Crippen molar-refractivity contribution in [1.82, 2.24) is 15.1 Å². The van der Waals surface area contributed by atoms with Crippen LogP contribution in [0.1, 0.15) is 50.7 Å². The summed E-state index contributed by atoms with van der Waals surface area (Å²) in [4.78, 5) is 31.3. The molecular weight excluding hydrogens is 490 g/mol. The number of halogens is 1. The van der Waals surface area contributed by atoms with E-state index in [2.05, 4.69) is 48.3 Å². The zero-order valence-corrected chi connectivity index (χ0v) is 22.7. The maximum atomic E-state index is 13.5. The summed E-state index contributed by atoms with van der Waals surface area (Å²) >= 11 is 7.70. The maximum absolute atomic E-state index is 13.5. The van der Waals surface area contributed by atoms with E-state index in [0.29, 0.717) is 27.8 Å². The summed E-state index contributed by atoms with van der Waals surface area (Å²) in [6.45, 7) is 6.62. The molecule has 1 N–H and O–H groups in total. The molecule has 2 fully saturated rings. The average molecular weight is 526 g/mol. The van der Waals surface area contributed by atoms with Gasteiger partial charge in [0.1, 0.15) is 6.54 Å². The van der Waals surface area contributed by atoms with Gasteiger partial charge >= 0.3 is 0 Å². The van der Waals surface area contributed by atoms with Gasteiger partial charge in [0.05, 0.1) is 4.91 Å². The molecule has 0 spiro atoms. The van der Waals surface area contributed by atoms with Crippen molar-refractivity contribution in [3.63, 3.8) is 0 Å². The largest absolute Gasteiger partial charge is 0.353 e. The SMILES string of the molecule is CC(C)N(CCNC(=O)CN1C(=O)/C(=C/c2ccc(Cl)cc2)SC2CCCCC21)Cc1ccccc1. The van der Waals surface area contributed by atoms with Crippen LogP contribution in [0, 0.1) is 0 Å². The smallest absolute Gasteiger partial charge is 0.261 e. The second-order valence-corrected chi connectivity index (χ2v) is 11.6. The molecule has 1 saturated carbocycles. The van der Waals surface area contributed by atoms with Crippen molar-refractivity contribution in [3.8, 4) is 0 Å². The third-order valence-electron chi connectivity index (χ3n) is 6.98. The first-order valence-electron chi connectivity index (χ1n) is 12.9. The van der Waals surface area contributed by atoms with Gasteiger partial charge in [-0.15, -0.1) is 11.8 Å². The number of hydrogen-bond donors (Lipinski definition) is 1. The summed E-state index contributed by atoms with van der Waals surface area (Å²) in [6.07, 6.45) is 6.24. The Balaban J connectivity index is 1.38. The Labute approximate surface area is 224 Å². The maximum Gasteiger partial charge on any atom is 0.261 e. The molecule has 5 nitrogen and oxygen atoms in total. The van der Waals surface area contributed by atoms with Crippen molar-refractivity contribution in [1.29, 1.82) is 0 Å². The predicted octanol–water partition coefficient (Wildman–Crippen LogP) is 5.59. The number of carbonyl (C=O) groups is 2. The summed E-state index contributed by atoms with van der Waals surface area (Å²) in [7, 11) is 0. The van der Waals surface area contributed by atoms with E-state index in [4.69, 9.17) is 11.6 Å². The molecule has 36 heavy (non-hydrogen) atoms. The fraction of sp³-hybridized carbons (Fsp3) is 0.448. The first-order valence-corrected chi connectivity index (χ1v) is 14.2. The number of fused-ring (bicyclic) bond motifs is 1. The molecule has 4 rings (SSSR count). The Bertz CT molecular complexity index is 1060. The monoisotopic (exact) mass is 525 g/mol. The molecule has 192 valence electrons. The van der Waals surface area contributed by atoms with Crippen LogP contribution in [0.2, 0.25) is 5.02 Å². The highest BCUT2D eigenvalue weighted by Crippen LogP contribution is 2.42. The van der Waals surface area contributed by atoms with Gasteiger partial charge < -0.3 is 10.2 Å². The number of nitrogens with zero attached hydrogens (tertiary/aromatic N) is 2. The molecule has 2 atom stereocenters. The lowest BCUT2D eigenvalue weighted by Gasteiger charge is -2.43. The topological polar surface area (TPSA) is 52.7 Å². The molecule has 1 heterocycles. The average Bonchev–Trinajstić information content (AvgIpc) is 2.87. The van der Waals surface area contributed by atoms with Gasteiger partial charge in [-0.25, -0.2) is 0 Å². The van der Waals surface area contributed by atoms with Gasteiger partial charge in [0.2, 0.25) is 5.91 Å². The van der Waals surface area contributed by atoms with E-state index in [9.17, 15) is 9.59 Å². The Morgan fingerprint density at radius 3 is 2.58 bits per heavy atom. The number of rotatable bonds is 9. The molecule has 1 aliphatic carbocycles. The molecule has 0 aromatic heterocycles. The molecule has 2 aromatic rings. The van der Waals surface area contributed by atoms with Crippen molar-refractivity contribution in [2.45, 2.75) is 63.4 Å². The quantitative estimate of drug-likeness (QED) is 0.433. The van der Waals surface area contributed by atoms with Crippen LogP contribution in [0.15, 0.2) is 59.5 Å². The van der Waals surface area contributed by atoms with Crippen LogP contribution < -0.4 is 5.32 Å². The molecule has 2 unspecified atom stereocenters. The number of thioether (sulfide) groups is 1. The molecule has 2 amide bonds. The number of nitrogens with one attached hydrogen (secondary N) is 1. The normalized spacial score (nSPS) is 21.2. The van der Waals surface area contributed by atoms with Crippen molar-refractivity contribution < 1.29 is 9.59 Å². The van der Waals surface area contributed by atoms with Gasteiger partial charge in [0, 0.05) is 42.0 Å². The van der Waals surface area contributed by atoms with E-state index >= 15 is 0 Å². The lowest BCUT2D eigenvalue weighted by Crippen LogP contribution is -2.54. The standard InChI is InChI=1S/C29H36ClN3O2S/c1-21(2)32(19-23-8-4-3-5-9-23)17-16-31-28(34)20-33-25-10-6-7-11-26(25)36-27(29(33)35)18-22-12-14-24(30)15-13-22/h3-5,8-9,12-15,18,21,25-26H,6-7,10-11,16-17,19-20H2,1-2H3,(H,31,34)/b27-18-. The summed E-state index contributed by atoms with van der Waals surface area (Å²) < 4.78 is 0. The Morgan fingerprint density at radius 1 is 1.14 bits per heavy atom. The number of carbonyl (C=O) groups excluding carboxylic acids is 2. The van der Waals surface area contributed by atoms with Gasteiger partial charge in [-0.2, -0.15) is 0 Å². The Hall–Kier alpha value is -2.28. The second kappa shape index (κ2) is 12.8. The molecule has 1 aliphatic heterocycles. The number of hydrogen-bond acceptors (Lipinski definition) is 4. The summed E-state index contributed by atoms with van der Waals surface area (Å²) in [6, 6.07) is 18.4. The summed E-state index contributed by atoms with van der Waals surface area (Å²) in [5.41, 5.74) is 2.21. The highest BCUT2D eigenvalue weighted by molar-refractivity contribution is 8.04. The molecular formula is C29H36ClN3O2S. The van der Waals surface area contributed by atoms with E-state index in [-0.39, 0.29) is 24.4 Å². The van der Waals surface area contributed by atoms with Crippen LogP contribution in [0.3, 0.4) is 0 Å². The van der Waals surface area contributed by atoms with Crippen molar-refractivity contribution in [2.24, 2.45) is 0 Å². The number of amides is 2. The lowest BCUT2D eigenvalue weighted by atomic mass is 9.93. The molecule has 2 aromatic carbocycles. The number of benzene rings is 2. The van der Waals surface area contributed by atoms with E-state index in [0.717, 1.165) is 37.9 Å². The molecule has 7 heteroatoms. The van der Waals surface area contributed by atoms with E-state index in [1.165, 1.54) is 12.0 Å². The van der Waals surface area contributed by atoms with E-state index < -0.39 is 0 Å². The zero-order valence-electron chi connectivity index (χ0n) is 21.2. The minimum absolute atomic E-state index is 0.0406. The summed E-state index contributed by atoms with van der Waals surface area (Å²) in [5.74, 6) is -0.130. The first-order chi connectivity index (χ1) is 17.4. The van der Waals surface area contributed by atoms with E-state index in [1.54, 1.807) is 11.8 Å². The van der Waals surface area contributed by atoms with Crippen LogP contribution >= 0.6 is 23.4 Å². The van der Waals surface area contributed by atoms with Crippen molar-refractivity contribution in [3.05, 3.63) is 75.7 Å². The lowest BCUT2D eigenvalue weighted by molar-refractivity contribution is -0.135. The van der Waals surface area contributed by atoms with Crippen molar-refractivity contribution in [2.75, 3.05) is 19.6 Å². The molecule has 2 aliphatic rings. The van der Waals surface area contributed by atoms with Crippen LogP contribution in [0.25, 0.3) is 6.08 Å². The molecule has 1 saturated heterocycles. The van der Waals surface area contributed by atoms with Gasteiger partial charge in [0.15, 0.2) is 0 Å². The zero-order chi connectivity index (χ0) is 25.5. The Kier molecular flexibility index (Phi) is 9.52. The second-order valence-electron chi connectivity index (χ2n) is 9.90. The van der Waals surface area contributed by atoms with Crippen LogP contribution in [-0.4, -0.2) is 58.6 Å². The minimum atomic E-state index is -0.0890. The molecule has 0 radical (unpaired) electrons.